The van der Waals surface area contributed by atoms with Crippen molar-refractivity contribution in [3.63, 3.8) is 0 Å². The third-order valence-corrected chi connectivity index (χ3v) is 2.05. The Labute approximate surface area is 74.3 Å². The molecule has 0 aliphatic rings. The Morgan fingerprint density at radius 2 is 1.83 bits per heavy atom. The molecular formula is C9H17NO2. The van der Waals surface area contributed by atoms with Crippen molar-refractivity contribution in [2.45, 2.75) is 32.5 Å². The molecule has 0 aliphatic carbocycles. The molecule has 0 aliphatic heterocycles. The van der Waals surface area contributed by atoms with Gasteiger partial charge in [0.25, 0.3) is 0 Å². The van der Waals surface area contributed by atoms with Crippen molar-refractivity contribution in [2.24, 2.45) is 5.92 Å². The van der Waals surface area contributed by atoms with Gasteiger partial charge < -0.3 is 9.47 Å². The van der Waals surface area contributed by atoms with Crippen LogP contribution in [0.2, 0.25) is 0 Å². The van der Waals surface area contributed by atoms with E-state index >= 15 is 0 Å². The normalized spacial score (nSPS) is 18.4. The number of hydrogen-bond acceptors (Lipinski definition) is 3. The van der Waals surface area contributed by atoms with E-state index in [4.69, 9.17) is 14.7 Å². The molecule has 0 aromatic rings. The van der Waals surface area contributed by atoms with E-state index in [0.717, 1.165) is 0 Å². The van der Waals surface area contributed by atoms with Crippen LogP contribution < -0.4 is 0 Å². The second kappa shape index (κ2) is 4.44. The molecule has 0 spiro atoms. The van der Waals surface area contributed by atoms with Crippen LogP contribution in [0.3, 0.4) is 0 Å². The van der Waals surface area contributed by atoms with Crippen molar-refractivity contribution in [3.05, 3.63) is 0 Å². The predicted molar refractivity (Wildman–Crippen MR) is 46.7 cm³/mol. The topological polar surface area (TPSA) is 42.2 Å². The summed E-state index contributed by atoms with van der Waals surface area (Å²) in [7, 11) is 3.12. The highest BCUT2D eigenvalue weighted by molar-refractivity contribution is 5.04. The average molecular weight is 171 g/mol. The molecule has 0 fully saturated rings. The lowest BCUT2D eigenvalue weighted by Crippen LogP contribution is -2.44. The minimum absolute atomic E-state index is 0.188. The fourth-order valence-electron chi connectivity index (χ4n) is 1.36. The Kier molecular flexibility index (Phi) is 4.22. The maximum Gasteiger partial charge on any atom is 0.177 e. The molecule has 0 heterocycles. The van der Waals surface area contributed by atoms with Crippen LogP contribution in [0.15, 0.2) is 0 Å². The van der Waals surface area contributed by atoms with Gasteiger partial charge >= 0.3 is 0 Å². The summed E-state index contributed by atoms with van der Waals surface area (Å²) >= 11 is 0. The van der Waals surface area contributed by atoms with Crippen molar-refractivity contribution < 1.29 is 9.47 Å². The molecule has 3 nitrogen and oxygen atoms in total. The van der Waals surface area contributed by atoms with E-state index in [9.17, 15) is 0 Å². The molecule has 0 aromatic carbocycles. The summed E-state index contributed by atoms with van der Waals surface area (Å²) in [5.41, 5.74) is -0.844. The van der Waals surface area contributed by atoms with Gasteiger partial charge in [0.15, 0.2) is 5.60 Å². The van der Waals surface area contributed by atoms with Gasteiger partial charge in [-0.05, 0) is 12.8 Å². The Bertz CT molecular complexity index is 174. The molecule has 0 radical (unpaired) electrons. The van der Waals surface area contributed by atoms with E-state index in [2.05, 4.69) is 6.07 Å². The van der Waals surface area contributed by atoms with Crippen molar-refractivity contribution >= 4 is 0 Å². The quantitative estimate of drug-likeness (QED) is 0.645. The first-order chi connectivity index (χ1) is 5.51. The van der Waals surface area contributed by atoms with Crippen molar-refractivity contribution in [1.29, 1.82) is 5.26 Å². The standard InChI is InChI=1S/C9H17NO2/c1-7(2)8(11-4)9(3,6-10)12-5/h7-8H,1-5H3. The monoisotopic (exact) mass is 171 g/mol. The highest BCUT2D eigenvalue weighted by Crippen LogP contribution is 2.22. The van der Waals surface area contributed by atoms with Gasteiger partial charge in [-0.3, -0.25) is 0 Å². The van der Waals surface area contributed by atoms with Gasteiger partial charge in [-0.15, -0.1) is 0 Å². The molecular weight excluding hydrogens is 154 g/mol. The van der Waals surface area contributed by atoms with E-state index in [1.54, 1.807) is 14.0 Å². The summed E-state index contributed by atoms with van der Waals surface area (Å²) in [4.78, 5) is 0. The summed E-state index contributed by atoms with van der Waals surface area (Å²) in [6.07, 6.45) is -0.188. The summed E-state index contributed by atoms with van der Waals surface area (Å²) in [5, 5.41) is 8.88. The van der Waals surface area contributed by atoms with Crippen LogP contribution in [0.25, 0.3) is 0 Å². The van der Waals surface area contributed by atoms with Crippen LogP contribution >= 0.6 is 0 Å². The Morgan fingerprint density at radius 1 is 1.33 bits per heavy atom. The van der Waals surface area contributed by atoms with Crippen molar-refractivity contribution in [3.8, 4) is 6.07 Å². The number of methoxy groups -OCH3 is 2. The molecule has 0 rings (SSSR count). The van der Waals surface area contributed by atoms with Crippen LogP contribution in [0, 0.1) is 17.2 Å². The predicted octanol–water partition coefficient (Wildman–Crippen LogP) is 1.59. The van der Waals surface area contributed by atoms with Crippen molar-refractivity contribution in [1.82, 2.24) is 0 Å². The van der Waals surface area contributed by atoms with Crippen LogP contribution in [0.4, 0.5) is 0 Å². The first kappa shape index (κ1) is 11.4. The molecule has 0 aromatic heterocycles. The van der Waals surface area contributed by atoms with E-state index in [0.29, 0.717) is 0 Å². The second-order valence-corrected chi connectivity index (χ2v) is 3.32. The largest absolute Gasteiger partial charge is 0.377 e. The molecule has 3 heteroatoms. The second-order valence-electron chi connectivity index (χ2n) is 3.32. The van der Waals surface area contributed by atoms with E-state index < -0.39 is 5.60 Å². The maximum absolute atomic E-state index is 8.88. The number of ether oxygens (including phenoxy) is 2. The highest BCUT2D eigenvalue weighted by Gasteiger charge is 2.36. The molecule has 0 saturated carbocycles. The van der Waals surface area contributed by atoms with Gasteiger partial charge in [-0.2, -0.15) is 5.26 Å². The van der Waals surface area contributed by atoms with Gasteiger partial charge in [-0.25, -0.2) is 0 Å². The zero-order valence-electron chi connectivity index (χ0n) is 8.42. The Balaban J connectivity index is 4.58. The van der Waals surface area contributed by atoms with Gasteiger partial charge in [0.05, 0.1) is 0 Å². The number of nitriles is 1. The third-order valence-electron chi connectivity index (χ3n) is 2.05. The first-order valence-electron chi connectivity index (χ1n) is 4.01. The molecule has 12 heavy (non-hydrogen) atoms. The first-order valence-corrected chi connectivity index (χ1v) is 4.01. The fourth-order valence-corrected chi connectivity index (χ4v) is 1.36. The fraction of sp³-hybridized carbons (Fsp3) is 0.889. The Morgan fingerprint density at radius 3 is 1.92 bits per heavy atom. The van der Waals surface area contributed by atoms with Crippen LogP contribution in [-0.4, -0.2) is 25.9 Å². The minimum Gasteiger partial charge on any atom is -0.377 e. The van der Waals surface area contributed by atoms with Gasteiger partial charge in [0.2, 0.25) is 0 Å². The molecule has 0 bridgehead atoms. The number of nitrogens with zero attached hydrogens (tertiary/aromatic N) is 1. The van der Waals surface area contributed by atoms with Crippen LogP contribution in [0.5, 0.6) is 0 Å². The lowest BCUT2D eigenvalue weighted by atomic mass is 9.91. The number of rotatable bonds is 4. The molecule has 0 amide bonds. The van der Waals surface area contributed by atoms with Gasteiger partial charge in [-0.1, -0.05) is 13.8 Å². The molecule has 2 atom stereocenters. The van der Waals surface area contributed by atoms with E-state index in [1.807, 2.05) is 13.8 Å². The summed E-state index contributed by atoms with van der Waals surface area (Å²) in [6, 6.07) is 2.11. The lowest BCUT2D eigenvalue weighted by Gasteiger charge is -2.31. The van der Waals surface area contributed by atoms with Crippen molar-refractivity contribution in [2.75, 3.05) is 14.2 Å². The van der Waals surface area contributed by atoms with Gasteiger partial charge in [0.1, 0.15) is 12.2 Å². The SMILES string of the molecule is COC(C(C)C)C(C)(C#N)OC. The van der Waals surface area contributed by atoms with E-state index in [1.165, 1.54) is 7.11 Å². The average Bonchev–Trinajstić information content (AvgIpc) is 2.04. The third kappa shape index (κ3) is 2.20. The molecule has 2 unspecified atom stereocenters. The lowest BCUT2D eigenvalue weighted by molar-refractivity contribution is -0.0905. The summed E-state index contributed by atoms with van der Waals surface area (Å²) in [6.45, 7) is 5.74. The molecule has 70 valence electrons. The molecule has 0 saturated heterocycles. The van der Waals surface area contributed by atoms with Crippen LogP contribution in [-0.2, 0) is 9.47 Å². The van der Waals surface area contributed by atoms with E-state index in [-0.39, 0.29) is 12.0 Å². The summed E-state index contributed by atoms with van der Waals surface area (Å²) < 4.78 is 10.3. The molecule has 0 N–H and O–H groups in total. The van der Waals surface area contributed by atoms with Crippen LogP contribution in [0.1, 0.15) is 20.8 Å². The maximum atomic E-state index is 8.88. The summed E-state index contributed by atoms with van der Waals surface area (Å²) in [5.74, 6) is 0.264. The van der Waals surface area contributed by atoms with Gasteiger partial charge in [0, 0.05) is 14.2 Å². The zero-order chi connectivity index (χ0) is 9.78. The smallest absolute Gasteiger partial charge is 0.177 e. The zero-order valence-corrected chi connectivity index (χ0v) is 8.42. The number of hydrogen-bond donors (Lipinski definition) is 0. The minimum atomic E-state index is -0.844. The Hall–Kier alpha value is -0.590. The highest BCUT2D eigenvalue weighted by atomic mass is 16.5.